The molecule has 1 aliphatic rings. The Morgan fingerprint density at radius 3 is 2.85 bits per heavy atom. The van der Waals surface area contributed by atoms with Crippen LogP contribution in [0.4, 0.5) is 11.5 Å². The summed E-state index contributed by atoms with van der Waals surface area (Å²) >= 11 is 0. The Kier molecular flexibility index (Phi) is 5.39. The topological polar surface area (TPSA) is 63.9 Å². The van der Waals surface area contributed by atoms with E-state index in [1.165, 1.54) is 25.9 Å². The van der Waals surface area contributed by atoms with Crippen LogP contribution in [0.25, 0.3) is 5.65 Å². The number of likely N-dealkylation sites (tertiary alicyclic amines) is 1. The van der Waals surface area contributed by atoms with Crippen molar-refractivity contribution in [1.82, 2.24) is 19.5 Å². The lowest BCUT2D eigenvalue weighted by Gasteiger charge is -2.16. The summed E-state index contributed by atoms with van der Waals surface area (Å²) in [5.41, 5.74) is 1.71. The number of aromatic nitrogens is 3. The van der Waals surface area contributed by atoms with Crippen molar-refractivity contribution in [2.24, 2.45) is 0 Å². The third-order valence-electron chi connectivity index (χ3n) is 4.81. The number of hydrogen-bond acceptors (Lipinski definition) is 6. The molecule has 3 heterocycles. The van der Waals surface area contributed by atoms with Gasteiger partial charge < -0.3 is 19.7 Å². The molecule has 142 valence electrons. The number of ether oxygens (including phenoxy) is 2. The van der Waals surface area contributed by atoms with Gasteiger partial charge in [0.05, 0.1) is 13.7 Å². The molecule has 0 bridgehead atoms. The van der Waals surface area contributed by atoms with E-state index in [4.69, 9.17) is 9.47 Å². The molecule has 7 heteroatoms. The van der Waals surface area contributed by atoms with Crippen LogP contribution in [0, 0.1) is 0 Å². The summed E-state index contributed by atoms with van der Waals surface area (Å²) in [6, 6.07) is 11.7. The summed E-state index contributed by atoms with van der Waals surface area (Å²) in [4.78, 5) is 6.71. The van der Waals surface area contributed by atoms with Gasteiger partial charge in [0.2, 0.25) is 0 Å². The Bertz CT molecular complexity index is 889. The smallest absolute Gasteiger partial charge is 0.163 e. The summed E-state index contributed by atoms with van der Waals surface area (Å²) in [5.74, 6) is 2.32. The molecule has 0 atom stereocenters. The number of hydrogen-bond donors (Lipinski definition) is 1. The van der Waals surface area contributed by atoms with Gasteiger partial charge in [0, 0.05) is 18.3 Å². The van der Waals surface area contributed by atoms with Crippen LogP contribution in [0.15, 0.2) is 42.7 Å². The summed E-state index contributed by atoms with van der Waals surface area (Å²) in [5, 5.41) is 7.63. The van der Waals surface area contributed by atoms with E-state index >= 15 is 0 Å². The first-order valence-corrected chi connectivity index (χ1v) is 9.42. The molecule has 1 N–H and O–H groups in total. The highest BCUT2D eigenvalue weighted by Gasteiger charge is 2.11. The van der Waals surface area contributed by atoms with E-state index in [1.807, 2.05) is 36.4 Å². The second-order valence-corrected chi connectivity index (χ2v) is 6.68. The van der Waals surface area contributed by atoms with E-state index in [0.717, 1.165) is 41.6 Å². The highest BCUT2D eigenvalue weighted by Crippen LogP contribution is 2.31. The Morgan fingerprint density at radius 2 is 2.00 bits per heavy atom. The molecule has 3 aromatic rings. The molecule has 1 aliphatic heterocycles. The Labute approximate surface area is 158 Å². The maximum absolute atomic E-state index is 6.01. The molecule has 0 aliphatic carbocycles. The largest absolute Gasteiger partial charge is 0.493 e. The zero-order valence-electron chi connectivity index (χ0n) is 15.6. The average molecular weight is 367 g/mol. The van der Waals surface area contributed by atoms with Gasteiger partial charge in [-0.2, -0.15) is 9.61 Å². The van der Waals surface area contributed by atoms with Crippen molar-refractivity contribution in [2.45, 2.75) is 19.3 Å². The lowest BCUT2D eigenvalue weighted by Crippen LogP contribution is -2.21. The van der Waals surface area contributed by atoms with Gasteiger partial charge in [0.1, 0.15) is 12.1 Å². The standard InChI is InChI=1S/C20H25N5O2/c1-26-17-9-8-16(23-20-7-4-6-19-21-15-22-25(19)20)14-18(17)27-13-5-12-24-10-2-3-11-24/h4,6-9,14-15,23H,2-3,5,10-13H2,1H3. The molecule has 27 heavy (non-hydrogen) atoms. The second-order valence-electron chi connectivity index (χ2n) is 6.68. The molecule has 1 fully saturated rings. The monoisotopic (exact) mass is 367 g/mol. The van der Waals surface area contributed by atoms with Gasteiger partial charge >= 0.3 is 0 Å². The normalized spacial score (nSPS) is 14.6. The minimum atomic E-state index is 0.676. The van der Waals surface area contributed by atoms with Crippen molar-refractivity contribution in [1.29, 1.82) is 0 Å². The van der Waals surface area contributed by atoms with Gasteiger partial charge in [-0.05, 0) is 56.6 Å². The number of nitrogens with one attached hydrogen (secondary N) is 1. The molecular weight excluding hydrogens is 342 g/mol. The Balaban J connectivity index is 1.43. The third-order valence-corrected chi connectivity index (χ3v) is 4.81. The number of fused-ring (bicyclic) bond motifs is 1. The first-order valence-electron chi connectivity index (χ1n) is 9.42. The fourth-order valence-corrected chi connectivity index (χ4v) is 3.43. The lowest BCUT2D eigenvalue weighted by molar-refractivity contribution is 0.254. The molecule has 7 nitrogen and oxygen atoms in total. The Hall–Kier alpha value is -2.80. The van der Waals surface area contributed by atoms with Crippen molar-refractivity contribution in [3.05, 3.63) is 42.7 Å². The zero-order valence-corrected chi connectivity index (χ0v) is 15.6. The molecule has 1 aromatic carbocycles. The quantitative estimate of drug-likeness (QED) is 0.616. The van der Waals surface area contributed by atoms with E-state index in [9.17, 15) is 0 Å². The van der Waals surface area contributed by atoms with Crippen LogP contribution in [0.2, 0.25) is 0 Å². The maximum Gasteiger partial charge on any atom is 0.163 e. The van der Waals surface area contributed by atoms with Crippen LogP contribution >= 0.6 is 0 Å². The number of nitrogens with zero attached hydrogens (tertiary/aromatic N) is 4. The summed E-state index contributed by atoms with van der Waals surface area (Å²) in [7, 11) is 1.66. The summed E-state index contributed by atoms with van der Waals surface area (Å²) < 4.78 is 13.2. The van der Waals surface area contributed by atoms with Crippen LogP contribution < -0.4 is 14.8 Å². The molecule has 1 saturated heterocycles. The van der Waals surface area contributed by atoms with Crippen LogP contribution in [0.1, 0.15) is 19.3 Å². The van der Waals surface area contributed by atoms with Crippen molar-refractivity contribution >= 4 is 17.2 Å². The van der Waals surface area contributed by atoms with Gasteiger partial charge in [-0.1, -0.05) is 6.07 Å². The van der Waals surface area contributed by atoms with Gasteiger partial charge in [0.25, 0.3) is 0 Å². The van der Waals surface area contributed by atoms with Gasteiger partial charge in [0.15, 0.2) is 17.1 Å². The molecule has 0 saturated carbocycles. The third kappa shape index (κ3) is 4.14. The predicted octanol–water partition coefficient (Wildman–Crippen LogP) is 3.35. The Morgan fingerprint density at radius 1 is 1.11 bits per heavy atom. The van der Waals surface area contributed by atoms with E-state index in [2.05, 4.69) is 20.3 Å². The van der Waals surface area contributed by atoms with Gasteiger partial charge in [-0.3, -0.25) is 0 Å². The molecule has 0 unspecified atom stereocenters. The molecule has 4 rings (SSSR count). The van der Waals surface area contributed by atoms with Gasteiger partial charge in [-0.25, -0.2) is 4.98 Å². The highest BCUT2D eigenvalue weighted by atomic mass is 16.5. The van der Waals surface area contributed by atoms with Crippen molar-refractivity contribution in [3.8, 4) is 11.5 Å². The van der Waals surface area contributed by atoms with E-state index in [-0.39, 0.29) is 0 Å². The van der Waals surface area contributed by atoms with Gasteiger partial charge in [-0.15, -0.1) is 0 Å². The molecule has 0 radical (unpaired) electrons. The number of pyridine rings is 1. The van der Waals surface area contributed by atoms with Crippen LogP contribution in [-0.4, -0.2) is 52.8 Å². The highest BCUT2D eigenvalue weighted by molar-refractivity contribution is 5.63. The first-order chi connectivity index (χ1) is 13.3. The van der Waals surface area contributed by atoms with E-state index < -0.39 is 0 Å². The van der Waals surface area contributed by atoms with E-state index in [0.29, 0.717) is 6.61 Å². The molecular formula is C20H25N5O2. The SMILES string of the molecule is COc1ccc(Nc2cccc3ncnn23)cc1OCCCN1CCCC1. The van der Waals surface area contributed by atoms with Crippen LogP contribution in [0.5, 0.6) is 11.5 Å². The summed E-state index contributed by atoms with van der Waals surface area (Å²) in [6.45, 7) is 4.20. The number of rotatable bonds is 8. The lowest BCUT2D eigenvalue weighted by atomic mass is 10.2. The minimum Gasteiger partial charge on any atom is -0.493 e. The zero-order chi connectivity index (χ0) is 18.5. The fourth-order valence-electron chi connectivity index (χ4n) is 3.43. The molecule has 0 spiro atoms. The van der Waals surface area contributed by atoms with Crippen LogP contribution in [0.3, 0.4) is 0 Å². The van der Waals surface area contributed by atoms with Crippen molar-refractivity contribution in [3.63, 3.8) is 0 Å². The minimum absolute atomic E-state index is 0.676. The molecule has 0 amide bonds. The number of benzene rings is 1. The van der Waals surface area contributed by atoms with E-state index in [1.54, 1.807) is 18.0 Å². The second kappa shape index (κ2) is 8.26. The van der Waals surface area contributed by atoms with Crippen LogP contribution in [-0.2, 0) is 0 Å². The average Bonchev–Trinajstić information content (AvgIpc) is 3.37. The maximum atomic E-state index is 6.01. The summed E-state index contributed by atoms with van der Waals surface area (Å²) in [6.07, 6.45) is 5.20. The molecule has 2 aromatic heterocycles. The van der Waals surface area contributed by atoms with Crippen molar-refractivity contribution in [2.75, 3.05) is 38.7 Å². The number of methoxy groups -OCH3 is 1. The fraction of sp³-hybridized carbons (Fsp3) is 0.400. The number of anilines is 2. The first kappa shape index (κ1) is 17.6. The van der Waals surface area contributed by atoms with Crippen molar-refractivity contribution < 1.29 is 9.47 Å². The predicted molar refractivity (Wildman–Crippen MR) is 105 cm³/mol.